The number of benzene rings is 2. The predicted octanol–water partition coefficient (Wildman–Crippen LogP) is 4.23. The van der Waals surface area contributed by atoms with Crippen molar-refractivity contribution in [2.75, 3.05) is 11.6 Å². The summed E-state index contributed by atoms with van der Waals surface area (Å²) in [4.78, 5) is 16.9. The topological polar surface area (TPSA) is 76.1 Å². The summed E-state index contributed by atoms with van der Waals surface area (Å²) >= 11 is 4.72. The molecule has 0 saturated carbocycles. The van der Waals surface area contributed by atoms with Crippen molar-refractivity contribution < 1.29 is 13.2 Å². The van der Waals surface area contributed by atoms with Gasteiger partial charge in [0.05, 0.1) is 10.6 Å². The molecule has 0 aliphatic rings. The minimum absolute atomic E-state index is 0.106. The zero-order valence-corrected chi connectivity index (χ0v) is 16.3. The second-order valence-corrected chi connectivity index (χ2v) is 9.09. The van der Waals surface area contributed by atoms with Crippen LogP contribution in [0.2, 0.25) is 0 Å². The molecule has 0 spiro atoms. The van der Waals surface area contributed by atoms with Crippen LogP contribution in [0.4, 0.5) is 5.13 Å². The van der Waals surface area contributed by atoms with Crippen molar-refractivity contribution in [3.05, 3.63) is 63.9 Å². The van der Waals surface area contributed by atoms with E-state index in [9.17, 15) is 13.2 Å². The van der Waals surface area contributed by atoms with Crippen molar-refractivity contribution in [1.29, 1.82) is 0 Å². The van der Waals surface area contributed by atoms with E-state index in [2.05, 4.69) is 26.2 Å². The molecule has 25 heavy (non-hydrogen) atoms. The standard InChI is InChI=1S/C17H13BrN2O3S2/c1-25(22,23)14-7-3-5-12(9-14)16(21)20-17-19-15(10-24-17)11-4-2-6-13(18)8-11/h2-10H,1H3,(H,19,20,21). The number of anilines is 1. The fourth-order valence-corrected chi connectivity index (χ4v) is 3.93. The highest BCUT2D eigenvalue weighted by Crippen LogP contribution is 2.27. The Labute approximate surface area is 157 Å². The molecule has 0 radical (unpaired) electrons. The Bertz CT molecular complexity index is 1050. The summed E-state index contributed by atoms with van der Waals surface area (Å²) in [6, 6.07) is 13.6. The molecular weight excluding hydrogens is 424 g/mol. The fourth-order valence-electron chi connectivity index (χ4n) is 2.15. The van der Waals surface area contributed by atoms with Crippen LogP contribution < -0.4 is 5.32 Å². The molecule has 0 atom stereocenters. The molecule has 5 nitrogen and oxygen atoms in total. The molecule has 1 aromatic heterocycles. The van der Waals surface area contributed by atoms with Gasteiger partial charge >= 0.3 is 0 Å². The van der Waals surface area contributed by atoms with Crippen LogP contribution in [0.3, 0.4) is 0 Å². The number of aromatic nitrogens is 1. The molecule has 0 unspecified atom stereocenters. The summed E-state index contributed by atoms with van der Waals surface area (Å²) in [6.07, 6.45) is 1.11. The number of amides is 1. The van der Waals surface area contributed by atoms with Gasteiger partial charge in [-0.2, -0.15) is 0 Å². The maximum absolute atomic E-state index is 12.3. The number of hydrogen-bond donors (Lipinski definition) is 1. The Kier molecular flexibility index (Phi) is 5.03. The average Bonchev–Trinajstić information content (AvgIpc) is 3.03. The first-order chi connectivity index (χ1) is 11.8. The van der Waals surface area contributed by atoms with Crippen molar-refractivity contribution in [2.24, 2.45) is 0 Å². The van der Waals surface area contributed by atoms with Gasteiger partial charge in [0.15, 0.2) is 15.0 Å². The lowest BCUT2D eigenvalue weighted by Gasteiger charge is -2.04. The van der Waals surface area contributed by atoms with Gasteiger partial charge in [-0.05, 0) is 30.3 Å². The fraction of sp³-hybridized carbons (Fsp3) is 0.0588. The number of hydrogen-bond acceptors (Lipinski definition) is 5. The lowest BCUT2D eigenvalue weighted by atomic mass is 10.2. The molecule has 0 aliphatic heterocycles. The Balaban J connectivity index is 1.81. The summed E-state index contributed by atoms with van der Waals surface area (Å²) in [5.74, 6) is -0.402. The number of sulfone groups is 1. The largest absolute Gasteiger partial charge is 0.298 e. The van der Waals surface area contributed by atoms with Crippen LogP contribution in [0, 0.1) is 0 Å². The first-order valence-corrected chi connectivity index (χ1v) is 10.7. The van der Waals surface area contributed by atoms with Gasteiger partial charge < -0.3 is 0 Å². The van der Waals surface area contributed by atoms with Crippen LogP contribution in [0.5, 0.6) is 0 Å². The van der Waals surface area contributed by atoms with E-state index < -0.39 is 15.7 Å². The molecule has 0 saturated heterocycles. The normalized spacial score (nSPS) is 11.3. The minimum atomic E-state index is -3.37. The van der Waals surface area contributed by atoms with E-state index in [0.717, 1.165) is 22.0 Å². The highest BCUT2D eigenvalue weighted by Gasteiger charge is 2.13. The number of carbonyl (C=O) groups is 1. The van der Waals surface area contributed by atoms with E-state index in [4.69, 9.17) is 0 Å². The molecular formula is C17H13BrN2O3S2. The Hall–Kier alpha value is -2.03. The summed E-state index contributed by atoms with van der Waals surface area (Å²) in [7, 11) is -3.37. The number of thiazole rings is 1. The van der Waals surface area contributed by atoms with Crippen molar-refractivity contribution in [2.45, 2.75) is 4.90 Å². The van der Waals surface area contributed by atoms with Crippen molar-refractivity contribution in [3.63, 3.8) is 0 Å². The summed E-state index contributed by atoms with van der Waals surface area (Å²) in [6.45, 7) is 0. The van der Waals surface area contributed by atoms with Crippen LogP contribution in [-0.2, 0) is 9.84 Å². The third-order valence-corrected chi connectivity index (χ3v) is 5.73. The number of nitrogens with one attached hydrogen (secondary N) is 1. The van der Waals surface area contributed by atoms with Crippen molar-refractivity contribution >= 4 is 48.1 Å². The summed E-state index contributed by atoms with van der Waals surface area (Å²) in [5.41, 5.74) is 1.96. The molecule has 3 aromatic rings. The highest BCUT2D eigenvalue weighted by atomic mass is 79.9. The Morgan fingerprint density at radius 1 is 1.16 bits per heavy atom. The monoisotopic (exact) mass is 436 g/mol. The van der Waals surface area contributed by atoms with Crippen LogP contribution >= 0.6 is 27.3 Å². The van der Waals surface area contributed by atoms with Gasteiger partial charge in [-0.1, -0.05) is 34.1 Å². The SMILES string of the molecule is CS(=O)(=O)c1cccc(C(=O)Nc2nc(-c3cccc(Br)c3)cs2)c1. The van der Waals surface area contributed by atoms with Crippen molar-refractivity contribution in [3.8, 4) is 11.3 Å². The zero-order chi connectivity index (χ0) is 18.0. The predicted molar refractivity (Wildman–Crippen MR) is 103 cm³/mol. The summed E-state index contributed by atoms with van der Waals surface area (Å²) < 4.78 is 24.2. The first-order valence-electron chi connectivity index (χ1n) is 7.16. The summed E-state index contributed by atoms with van der Waals surface area (Å²) in [5, 5.41) is 5.00. The molecule has 0 aliphatic carbocycles. The molecule has 2 aromatic carbocycles. The molecule has 1 N–H and O–H groups in total. The number of halogens is 1. The molecule has 128 valence electrons. The Morgan fingerprint density at radius 3 is 2.64 bits per heavy atom. The van der Waals surface area contributed by atoms with Gasteiger partial charge in [0.1, 0.15) is 0 Å². The van der Waals surface area contributed by atoms with E-state index in [1.165, 1.54) is 23.5 Å². The van der Waals surface area contributed by atoms with Crippen molar-refractivity contribution in [1.82, 2.24) is 4.98 Å². The van der Waals surface area contributed by atoms with Crippen LogP contribution in [0.1, 0.15) is 10.4 Å². The minimum Gasteiger partial charge on any atom is -0.298 e. The van der Waals surface area contributed by atoms with E-state index in [-0.39, 0.29) is 10.5 Å². The lowest BCUT2D eigenvalue weighted by molar-refractivity contribution is 0.102. The molecule has 3 rings (SSSR count). The second-order valence-electron chi connectivity index (χ2n) is 5.30. The zero-order valence-electron chi connectivity index (χ0n) is 13.1. The molecule has 1 amide bonds. The first kappa shape index (κ1) is 17.8. The molecule has 1 heterocycles. The van der Waals surface area contributed by atoms with Gasteiger partial charge in [0.2, 0.25) is 0 Å². The van der Waals surface area contributed by atoms with Gasteiger partial charge in [0.25, 0.3) is 5.91 Å². The van der Waals surface area contributed by atoms with Crippen LogP contribution in [0.15, 0.2) is 63.3 Å². The second kappa shape index (κ2) is 7.07. The maximum atomic E-state index is 12.3. The highest BCUT2D eigenvalue weighted by molar-refractivity contribution is 9.10. The number of carbonyl (C=O) groups excluding carboxylic acids is 1. The number of rotatable bonds is 4. The molecule has 0 bridgehead atoms. The maximum Gasteiger partial charge on any atom is 0.257 e. The van der Waals surface area contributed by atoms with Crippen LogP contribution in [-0.4, -0.2) is 25.6 Å². The average molecular weight is 437 g/mol. The van der Waals surface area contributed by atoms with Crippen LogP contribution in [0.25, 0.3) is 11.3 Å². The Morgan fingerprint density at radius 2 is 1.92 bits per heavy atom. The van der Waals surface area contributed by atoms with E-state index >= 15 is 0 Å². The smallest absolute Gasteiger partial charge is 0.257 e. The quantitative estimate of drug-likeness (QED) is 0.663. The molecule has 8 heteroatoms. The van der Waals surface area contributed by atoms with E-state index in [1.54, 1.807) is 12.1 Å². The van der Waals surface area contributed by atoms with E-state index in [0.29, 0.717) is 5.13 Å². The van der Waals surface area contributed by atoms with Gasteiger partial charge in [0, 0.05) is 27.2 Å². The molecule has 0 fully saturated rings. The lowest BCUT2D eigenvalue weighted by Crippen LogP contribution is -2.12. The van der Waals surface area contributed by atoms with Gasteiger partial charge in [-0.15, -0.1) is 11.3 Å². The van der Waals surface area contributed by atoms with Gasteiger partial charge in [-0.3, -0.25) is 10.1 Å². The van der Waals surface area contributed by atoms with E-state index in [1.807, 2.05) is 29.6 Å². The third kappa shape index (κ3) is 4.33. The third-order valence-electron chi connectivity index (χ3n) is 3.37. The number of nitrogens with zero attached hydrogens (tertiary/aromatic N) is 1. The van der Waals surface area contributed by atoms with Gasteiger partial charge in [-0.25, -0.2) is 13.4 Å².